The number of nitrogens with one attached hydrogen (secondary N) is 1. The SMILES string of the molecule is Cc1cccc(C2c3[nH]c4ccccc4c3CCN2C(=O)c2cnc3ccccn3c2=O)c1. The molecule has 6 heteroatoms. The zero-order chi connectivity index (χ0) is 22.5. The molecule has 4 heterocycles. The van der Waals surface area contributed by atoms with Crippen LogP contribution in [0.2, 0.25) is 0 Å². The number of fused-ring (bicyclic) bond motifs is 4. The number of H-pyrrole nitrogens is 1. The third kappa shape index (κ3) is 3.06. The van der Waals surface area contributed by atoms with E-state index in [9.17, 15) is 9.59 Å². The van der Waals surface area contributed by atoms with Gasteiger partial charge < -0.3 is 9.88 Å². The third-order valence-electron chi connectivity index (χ3n) is 6.50. The van der Waals surface area contributed by atoms with E-state index >= 15 is 0 Å². The number of carbonyl (C=O) groups is 1. The molecule has 33 heavy (non-hydrogen) atoms. The monoisotopic (exact) mass is 434 g/mol. The van der Waals surface area contributed by atoms with Gasteiger partial charge in [-0.1, -0.05) is 54.1 Å². The second-order valence-corrected chi connectivity index (χ2v) is 8.53. The highest BCUT2D eigenvalue weighted by Crippen LogP contribution is 2.39. The molecule has 0 fully saturated rings. The summed E-state index contributed by atoms with van der Waals surface area (Å²) in [6.45, 7) is 2.56. The van der Waals surface area contributed by atoms with Gasteiger partial charge in [0.25, 0.3) is 11.5 Å². The smallest absolute Gasteiger partial charge is 0.270 e. The van der Waals surface area contributed by atoms with Gasteiger partial charge in [-0.3, -0.25) is 14.0 Å². The number of aromatic nitrogens is 3. The Morgan fingerprint density at radius 2 is 1.91 bits per heavy atom. The molecule has 0 saturated carbocycles. The highest BCUT2D eigenvalue weighted by atomic mass is 16.2. The summed E-state index contributed by atoms with van der Waals surface area (Å²) in [5.74, 6) is -0.304. The molecule has 0 aliphatic carbocycles. The van der Waals surface area contributed by atoms with Crippen molar-refractivity contribution in [1.29, 1.82) is 0 Å². The van der Waals surface area contributed by atoms with E-state index < -0.39 is 0 Å². The Hall–Kier alpha value is -4.19. The van der Waals surface area contributed by atoms with Crippen LogP contribution in [0.4, 0.5) is 0 Å². The first kappa shape index (κ1) is 19.5. The largest absolute Gasteiger partial charge is 0.356 e. The molecule has 162 valence electrons. The van der Waals surface area contributed by atoms with Gasteiger partial charge in [-0.25, -0.2) is 4.98 Å². The summed E-state index contributed by atoms with van der Waals surface area (Å²) in [5.41, 5.74) is 5.68. The fraction of sp³-hybridized carbons (Fsp3) is 0.148. The lowest BCUT2D eigenvalue weighted by Gasteiger charge is -2.36. The predicted octanol–water partition coefficient (Wildman–Crippen LogP) is 4.27. The number of rotatable bonds is 2. The van der Waals surface area contributed by atoms with E-state index in [-0.39, 0.29) is 23.1 Å². The zero-order valence-electron chi connectivity index (χ0n) is 18.2. The van der Waals surface area contributed by atoms with E-state index in [1.165, 1.54) is 21.5 Å². The normalized spacial score (nSPS) is 15.7. The van der Waals surface area contributed by atoms with Crippen LogP contribution >= 0.6 is 0 Å². The molecule has 1 unspecified atom stereocenters. The molecule has 0 saturated heterocycles. The zero-order valence-corrected chi connectivity index (χ0v) is 18.2. The predicted molar refractivity (Wildman–Crippen MR) is 128 cm³/mol. The van der Waals surface area contributed by atoms with Crippen molar-refractivity contribution in [3.8, 4) is 0 Å². The van der Waals surface area contributed by atoms with Crippen molar-refractivity contribution in [2.75, 3.05) is 6.54 Å². The molecule has 1 aliphatic rings. The number of aromatic amines is 1. The number of carbonyl (C=O) groups excluding carboxylic acids is 1. The first-order valence-corrected chi connectivity index (χ1v) is 11.1. The Bertz CT molecular complexity index is 1600. The minimum Gasteiger partial charge on any atom is -0.356 e. The molecule has 1 aliphatic heterocycles. The fourth-order valence-electron chi connectivity index (χ4n) is 4.97. The van der Waals surface area contributed by atoms with Gasteiger partial charge in [0.05, 0.1) is 6.04 Å². The molecule has 6 rings (SSSR count). The van der Waals surface area contributed by atoms with Crippen LogP contribution in [0.1, 0.15) is 38.8 Å². The van der Waals surface area contributed by atoms with Gasteiger partial charge in [0.2, 0.25) is 0 Å². The van der Waals surface area contributed by atoms with Crippen molar-refractivity contribution < 1.29 is 4.79 Å². The molecule has 3 aromatic heterocycles. The standard InChI is InChI=1S/C27H22N4O2/c1-17-7-6-8-18(15-17)25-24-20(19-9-2-3-10-22(19)29-24)12-14-31(25)27(33)21-16-28-23-11-4-5-13-30(23)26(21)32/h2-11,13,15-16,25,29H,12,14H2,1H3. The summed E-state index contributed by atoms with van der Waals surface area (Å²) < 4.78 is 1.42. The summed E-state index contributed by atoms with van der Waals surface area (Å²) in [6.07, 6.45) is 3.77. The summed E-state index contributed by atoms with van der Waals surface area (Å²) in [7, 11) is 0. The molecule has 5 aromatic rings. The van der Waals surface area contributed by atoms with E-state index in [1.54, 1.807) is 23.2 Å². The van der Waals surface area contributed by atoms with Crippen molar-refractivity contribution in [2.24, 2.45) is 0 Å². The Balaban J connectivity index is 1.53. The van der Waals surface area contributed by atoms with E-state index in [2.05, 4.69) is 28.2 Å². The van der Waals surface area contributed by atoms with Gasteiger partial charge in [0, 0.05) is 35.5 Å². The molecular weight excluding hydrogens is 412 g/mol. The summed E-state index contributed by atoms with van der Waals surface area (Å²) in [4.78, 5) is 36.7. The minimum absolute atomic E-state index is 0.0796. The molecular formula is C27H22N4O2. The average molecular weight is 434 g/mol. The maximum Gasteiger partial charge on any atom is 0.270 e. The number of amides is 1. The van der Waals surface area contributed by atoms with Crippen molar-refractivity contribution in [2.45, 2.75) is 19.4 Å². The van der Waals surface area contributed by atoms with Gasteiger partial charge in [-0.2, -0.15) is 0 Å². The Morgan fingerprint density at radius 1 is 1.06 bits per heavy atom. The van der Waals surface area contributed by atoms with Crippen LogP contribution in [-0.2, 0) is 6.42 Å². The fourth-order valence-corrected chi connectivity index (χ4v) is 4.97. The lowest BCUT2D eigenvalue weighted by Crippen LogP contribution is -2.43. The quantitative estimate of drug-likeness (QED) is 0.451. The van der Waals surface area contributed by atoms with Crippen LogP contribution in [0.15, 0.2) is 83.9 Å². The van der Waals surface area contributed by atoms with Crippen LogP contribution in [-0.4, -0.2) is 31.7 Å². The van der Waals surface area contributed by atoms with Crippen molar-refractivity contribution in [3.05, 3.63) is 117 Å². The van der Waals surface area contributed by atoms with Gasteiger partial charge in [0.1, 0.15) is 11.2 Å². The van der Waals surface area contributed by atoms with Crippen LogP contribution in [0.5, 0.6) is 0 Å². The highest BCUT2D eigenvalue weighted by molar-refractivity contribution is 5.95. The van der Waals surface area contributed by atoms with E-state index in [1.807, 2.05) is 43.3 Å². The van der Waals surface area contributed by atoms with Gasteiger partial charge in [0.15, 0.2) is 0 Å². The molecule has 6 nitrogen and oxygen atoms in total. The second-order valence-electron chi connectivity index (χ2n) is 8.53. The number of aryl methyl sites for hydroxylation is 1. The summed E-state index contributed by atoms with van der Waals surface area (Å²) in [5, 5.41) is 1.18. The number of hydrogen-bond donors (Lipinski definition) is 1. The van der Waals surface area contributed by atoms with E-state index in [4.69, 9.17) is 0 Å². The van der Waals surface area contributed by atoms with Crippen molar-refractivity contribution >= 4 is 22.5 Å². The minimum atomic E-state index is -0.351. The van der Waals surface area contributed by atoms with Gasteiger partial charge in [-0.15, -0.1) is 0 Å². The molecule has 0 bridgehead atoms. The number of pyridine rings is 1. The molecule has 0 radical (unpaired) electrons. The molecule has 1 N–H and O–H groups in total. The summed E-state index contributed by atoms with van der Waals surface area (Å²) >= 11 is 0. The van der Waals surface area contributed by atoms with E-state index in [0.717, 1.165) is 28.8 Å². The highest BCUT2D eigenvalue weighted by Gasteiger charge is 2.36. The summed E-state index contributed by atoms with van der Waals surface area (Å²) in [6, 6.07) is 21.5. The Labute approximate surface area is 190 Å². The van der Waals surface area contributed by atoms with E-state index in [0.29, 0.717) is 12.2 Å². The van der Waals surface area contributed by atoms with Crippen LogP contribution in [0.25, 0.3) is 16.6 Å². The maximum atomic E-state index is 13.8. The third-order valence-corrected chi connectivity index (χ3v) is 6.50. The number of nitrogens with zero attached hydrogens (tertiary/aromatic N) is 3. The Kier molecular flexibility index (Phi) is 4.40. The number of para-hydroxylation sites is 1. The lowest BCUT2D eigenvalue weighted by molar-refractivity contribution is 0.0689. The Morgan fingerprint density at radius 3 is 2.79 bits per heavy atom. The van der Waals surface area contributed by atoms with Crippen molar-refractivity contribution in [3.63, 3.8) is 0 Å². The topological polar surface area (TPSA) is 70.5 Å². The first-order chi connectivity index (χ1) is 16.1. The van der Waals surface area contributed by atoms with Crippen LogP contribution in [0.3, 0.4) is 0 Å². The van der Waals surface area contributed by atoms with Gasteiger partial charge >= 0.3 is 0 Å². The maximum absolute atomic E-state index is 13.8. The molecule has 0 spiro atoms. The van der Waals surface area contributed by atoms with Crippen LogP contribution in [0, 0.1) is 6.92 Å². The number of hydrogen-bond acceptors (Lipinski definition) is 3. The molecule has 2 aromatic carbocycles. The van der Waals surface area contributed by atoms with Gasteiger partial charge in [-0.05, 0) is 42.7 Å². The van der Waals surface area contributed by atoms with Crippen molar-refractivity contribution in [1.82, 2.24) is 19.3 Å². The second kappa shape index (κ2) is 7.45. The number of benzene rings is 2. The molecule has 1 amide bonds. The van der Waals surface area contributed by atoms with Crippen LogP contribution < -0.4 is 5.56 Å². The average Bonchev–Trinajstić information content (AvgIpc) is 3.22. The lowest BCUT2D eigenvalue weighted by atomic mass is 9.91. The first-order valence-electron chi connectivity index (χ1n) is 11.1. The molecule has 1 atom stereocenters.